The Balaban J connectivity index is 1.70. The van der Waals surface area contributed by atoms with E-state index in [1.165, 1.54) is 11.1 Å². The van der Waals surface area contributed by atoms with Crippen molar-refractivity contribution < 1.29 is 4.79 Å². The molecule has 3 heteroatoms. The maximum Gasteiger partial charge on any atom is 0.256 e. The quantitative estimate of drug-likeness (QED) is 0.397. The number of nitrogens with zero attached hydrogens (tertiary/aromatic N) is 1. The van der Waals surface area contributed by atoms with Crippen LogP contribution >= 0.6 is 0 Å². The standard InChI is InChI=1S/C27H26N2O/c1-4-19(3)20-13-15-22(16-14-20)28-27(30)24-17-26(21-11-9-18(2)10-12-21)29-25-8-6-5-7-23(24)25/h5-17,19H,4H2,1-3H3,(H,28,30)/t19-/m0/s1. The molecule has 3 nitrogen and oxygen atoms in total. The van der Waals surface area contributed by atoms with Crippen molar-refractivity contribution in [2.75, 3.05) is 5.32 Å². The molecule has 0 aliphatic heterocycles. The lowest BCUT2D eigenvalue weighted by molar-refractivity contribution is 0.102. The molecule has 0 saturated carbocycles. The van der Waals surface area contributed by atoms with E-state index in [4.69, 9.17) is 4.98 Å². The molecular formula is C27H26N2O. The minimum Gasteiger partial charge on any atom is -0.322 e. The van der Waals surface area contributed by atoms with Crippen LogP contribution in [0.15, 0.2) is 78.9 Å². The van der Waals surface area contributed by atoms with E-state index in [0.717, 1.165) is 34.3 Å². The van der Waals surface area contributed by atoms with E-state index in [1.807, 2.05) is 54.6 Å². The van der Waals surface area contributed by atoms with Crippen molar-refractivity contribution in [1.29, 1.82) is 0 Å². The lowest BCUT2D eigenvalue weighted by Gasteiger charge is -2.12. The van der Waals surface area contributed by atoms with Gasteiger partial charge in [0.25, 0.3) is 5.91 Å². The van der Waals surface area contributed by atoms with Crippen LogP contribution in [0.5, 0.6) is 0 Å². The van der Waals surface area contributed by atoms with Gasteiger partial charge in [-0.1, -0.05) is 74.0 Å². The lowest BCUT2D eigenvalue weighted by Crippen LogP contribution is -2.13. The molecule has 4 rings (SSSR count). The summed E-state index contributed by atoms with van der Waals surface area (Å²) in [5, 5.41) is 3.90. The number of aromatic nitrogens is 1. The number of carbonyl (C=O) groups excluding carboxylic acids is 1. The van der Waals surface area contributed by atoms with Gasteiger partial charge >= 0.3 is 0 Å². The number of pyridine rings is 1. The van der Waals surface area contributed by atoms with Crippen LogP contribution in [-0.2, 0) is 0 Å². The average Bonchev–Trinajstić information content (AvgIpc) is 2.78. The summed E-state index contributed by atoms with van der Waals surface area (Å²) in [6.45, 7) is 6.45. The fourth-order valence-corrected chi connectivity index (χ4v) is 3.56. The second-order valence-electron chi connectivity index (χ2n) is 7.82. The van der Waals surface area contributed by atoms with Crippen molar-refractivity contribution in [3.63, 3.8) is 0 Å². The van der Waals surface area contributed by atoms with E-state index in [2.05, 4.69) is 50.4 Å². The fourth-order valence-electron chi connectivity index (χ4n) is 3.56. The number of amides is 1. The van der Waals surface area contributed by atoms with E-state index in [0.29, 0.717) is 11.5 Å². The normalized spacial score (nSPS) is 12.0. The lowest BCUT2D eigenvalue weighted by atomic mass is 9.98. The summed E-state index contributed by atoms with van der Waals surface area (Å²) < 4.78 is 0. The fraction of sp³-hybridized carbons (Fsp3) is 0.185. The first-order valence-electron chi connectivity index (χ1n) is 10.4. The number of fused-ring (bicyclic) bond motifs is 1. The van der Waals surface area contributed by atoms with Crippen LogP contribution in [0.4, 0.5) is 5.69 Å². The number of para-hydroxylation sites is 1. The van der Waals surface area contributed by atoms with Crippen LogP contribution in [0.1, 0.15) is 47.7 Å². The molecule has 4 aromatic rings. The topological polar surface area (TPSA) is 42.0 Å². The zero-order valence-electron chi connectivity index (χ0n) is 17.6. The Morgan fingerprint density at radius 1 is 0.967 bits per heavy atom. The molecule has 1 heterocycles. The van der Waals surface area contributed by atoms with E-state index >= 15 is 0 Å². The van der Waals surface area contributed by atoms with Gasteiger partial charge in [0.1, 0.15) is 0 Å². The minimum atomic E-state index is -0.127. The summed E-state index contributed by atoms with van der Waals surface area (Å²) >= 11 is 0. The number of benzene rings is 3. The third-order valence-corrected chi connectivity index (χ3v) is 5.66. The molecule has 0 unspecified atom stereocenters. The third kappa shape index (κ3) is 4.11. The van der Waals surface area contributed by atoms with Crippen molar-refractivity contribution in [3.8, 4) is 11.3 Å². The molecule has 0 spiro atoms. The second-order valence-corrected chi connectivity index (χ2v) is 7.82. The Labute approximate surface area is 177 Å². The molecule has 150 valence electrons. The van der Waals surface area contributed by atoms with Gasteiger partial charge in [-0.15, -0.1) is 0 Å². The predicted octanol–water partition coefficient (Wildman–Crippen LogP) is 6.98. The zero-order valence-corrected chi connectivity index (χ0v) is 17.6. The molecule has 0 radical (unpaired) electrons. The van der Waals surface area contributed by atoms with Crippen molar-refractivity contribution >= 4 is 22.5 Å². The molecule has 0 saturated heterocycles. The van der Waals surface area contributed by atoms with Crippen molar-refractivity contribution in [1.82, 2.24) is 4.98 Å². The molecule has 1 amide bonds. The highest BCUT2D eigenvalue weighted by atomic mass is 16.1. The van der Waals surface area contributed by atoms with Gasteiger partial charge in [-0.05, 0) is 49.1 Å². The SMILES string of the molecule is CC[C@H](C)c1ccc(NC(=O)c2cc(-c3ccc(C)cc3)nc3ccccc23)cc1. The van der Waals surface area contributed by atoms with Gasteiger partial charge in [-0.2, -0.15) is 0 Å². The van der Waals surface area contributed by atoms with Gasteiger partial charge in [-0.3, -0.25) is 4.79 Å². The Hall–Kier alpha value is -3.46. The van der Waals surface area contributed by atoms with E-state index in [9.17, 15) is 4.79 Å². The molecule has 0 aliphatic carbocycles. The van der Waals surface area contributed by atoms with Gasteiger partial charge in [0.2, 0.25) is 0 Å². The number of anilines is 1. The molecule has 1 aromatic heterocycles. The van der Waals surface area contributed by atoms with Crippen molar-refractivity contribution in [2.45, 2.75) is 33.1 Å². The smallest absolute Gasteiger partial charge is 0.256 e. The second kappa shape index (κ2) is 8.50. The first-order chi connectivity index (χ1) is 14.5. The highest BCUT2D eigenvalue weighted by molar-refractivity contribution is 6.13. The maximum absolute atomic E-state index is 13.2. The van der Waals surface area contributed by atoms with E-state index in [1.54, 1.807) is 0 Å². The number of hydrogen-bond donors (Lipinski definition) is 1. The molecule has 1 N–H and O–H groups in total. The highest BCUT2D eigenvalue weighted by Crippen LogP contribution is 2.26. The van der Waals surface area contributed by atoms with Crippen LogP contribution in [0.3, 0.4) is 0 Å². The summed E-state index contributed by atoms with van der Waals surface area (Å²) in [5.74, 6) is 0.384. The van der Waals surface area contributed by atoms with Gasteiger partial charge < -0.3 is 5.32 Å². The summed E-state index contributed by atoms with van der Waals surface area (Å²) in [6.07, 6.45) is 1.09. The van der Waals surface area contributed by atoms with Crippen LogP contribution in [0.2, 0.25) is 0 Å². The molecule has 0 fully saturated rings. The molecule has 3 aromatic carbocycles. The Morgan fingerprint density at radius 3 is 2.37 bits per heavy atom. The van der Waals surface area contributed by atoms with Gasteiger partial charge in [0.05, 0.1) is 16.8 Å². The first kappa shape index (κ1) is 19.8. The Morgan fingerprint density at radius 2 is 1.67 bits per heavy atom. The van der Waals surface area contributed by atoms with E-state index in [-0.39, 0.29) is 5.91 Å². The van der Waals surface area contributed by atoms with E-state index < -0.39 is 0 Å². The maximum atomic E-state index is 13.2. The number of aryl methyl sites for hydroxylation is 1. The summed E-state index contributed by atoms with van der Waals surface area (Å²) in [5.41, 5.74) is 6.51. The number of carbonyl (C=O) groups is 1. The summed E-state index contributed by atoms with van der Waals surface area (Å²) in [7, 11) is 0. The van der Waals surface area contributed by atoms with Crippen LogP contribution in [-0.4, -0.2) is 10.9 Å². The Bertz CT molecular complexity index is 1180. The molecule has 1 atom stereocenters. The summed E-state index contributed by atoms with van der Waals surface area (Å²) in [4.78, 5) is 18.0. The van der Waals surface area contributed by atoms with Crippen LogP contribution in [0, 0.1) is 6.92 Å². The van der Waals surface area contributed by atoms with Crippen molar-refractivity contribution in [2.24, 2.45) is 0 Å². The molecule has 30 heavy (non-hydrogen) atoms. The monoisotopic (exact) mass is 394 g/mol. The number of rotatable bonds is 5. The molecular weight excluding hydrogens is 368 g/mol. The average molecular weight is 395 g/mol. The zero-order chi connectivity index (χ0) is 21.1. The summed E-state index contributed by atoms with van der Waals surface area (Å²) in [6, 6.07) is 26.0. The number of nitrogens with one attached hydrogen (secondary N) is 1. The molecule has 0 aliphatic rings. The van der Waals surface area contributed by atoms with Crippen LogP contribution < -0.4 is 5.32 Å². The minimum absolute atomic E-state index is 0.127. The van der Waals surface area contributed by atoms with Gasteiger partial charge in [-0.25, -0.2) is 4.98 Å². The highest BCUT2D eigenvalue weighted by Gasteiger charge is 2.14. The third-order valence-electron chi connectivity index (χ3n) is 5.66. The number of hydrogen-bond acceptors (Lipinski definition) is 2. The van der Waals surface area contributed by atoms with Gasteiger partial charge in [0, 0.05) is 16.6 Å². The predicted molar refractivity (Wildman–Crippen MR) is 125 cm³/mol. The molecule has 0 bridgehead atoms. The van der Waals surface area contributed by atoms with Crippen LogP contribution in [0.25, 0.3) is 22.2 Å². The van der Waals surface area contributed by atoms with Gasteiger partial charge in [0.15, 0.2) is 0 Å². The Kier molecular flexibility index (Phi) is 5.62. The largest absolute Gasteiger partial charge is 0.322 e. The first-order valence-corrected chi connectivity index (χ1v) is 10.4. The van der Waals surface area contributed by atoms with Crippen molar-refractivity contribution in [3.05, 3.63) is 95.6 Å².